The van der Waals surface area contributed by atoms with Gasteiger partial charge in [0.2, 0.25) is 0 Å². The van der Waals surface area contributed by atoms with Crippen molar-refractivity contribution in [2.75, 3.05) is 0 Å². The van der Waals surface area contributed by atoms with Crippen LogP contribution in [0.25, 0.3) is 0 Å². The second-order valence-corrected chi connectivity index (χ2v) is 5.99. The number of carbonyl (C=O) groups is 1. The van der Waals surface area contributed by atoms with E-state index in [0.29, 0.717) is 0 Å². The van der Waals surface area contributed by atoms with Gasteiger partial charge < -0.3 is 4.55 Å². The highest BCUT2D eigenvalue weighted by molar-refractivity contribution is 7.85. The van der Waals surface area contributed by atoms with Gasteiger partial charge in [-0.15, -0.1) is 0 Å². The molecule has 1 saturated heterocycles. The third-order valence-electron chi connectivity index (χ3n) is 2.46. The van der Waals surface area contributed by atoms with Gasteiger partial charge in [0.1, 0.15) is 10.1 Å². The van der Waals surface area contributed by atoms with E-state index < -0.39 is 10.1 Å². The van der Waals surface area contributed by atoms with Gasteiger partial charge in [0, 0.05) is 13.8 Å². The highest BCUT2D eigenvalue weighted by Gasteiger charge is 2.41. The first-order chi connectivity index (χ1) is 8.13. The molecular formula is C11H16N2O4S. The Labute approximate surface area is 106 Å². The predicted molar refractivity (Wildman–Crippen MR) is 63.3 cm³/mol. The molecule has 0 spiro atoms. The van der Waals surface area contributed by atoms with Crippen LogP contribution in [-0.4, -0.2) is 24.4 Å². The lowest BCUT2D eigenvalue weighted by atomic mass is 10.0. The molecule has 1 fully saturated rings. The van der Waals surface area contributed by atoms with Crippen molar-refractivity contribution in [1.82, 2.24) is 5.43 Å². The minimum Gasteiger partial charge on any atom is -0.744 e. The molecule has 1 amide bonds. The van der Waals surface area contributed by atoms with Crippen LogP contribution in [0.2, 0.25) is 0 Å². The average molecular weight is 272 g/mol. The van der Waals surface area contributed by atoms with Crippen LogP contribution in [0.4, 0.5) is 0 Å². The van der Waals surface area contributed by atoms with Gasteiger partial charge in [-0.25, -0.2) is 13.8 Å². The Hall–Kier alpha value is -1.44. The molecule has 1 aliphatic rings. The third-order valence-corrected chi connectivity index (χ3v) is 3.31. The van der Waals surface area contributed by atoms with Crippen LogP contribution in [-0.2, 0) is 14.9 Å². The first kappa shape index (κ1) is 14.6. The summed E-state index contributed by atoms with van der Waals surface area (Å²) in [6.45, 7) is 5.58. The summed E-state index contributed by atoms with van der Waals surface area (Å²) in [6, 6.07) is 5.78. The van der Waals surface area contributed by atoms with E-state index in [2.05, 4.69) is 5.43 Å². The number of aryl methyl sites for hydroxylation is 1. The topological polar surface area (TPSA) is 103 Å². The summed E-state index contributed by atoms with van der Waals surface area (Å²) < 4.78 is 31.2. The summed E-state index contributed by atoms with van der Waals surface area (Å²) in [4.78, 5) is 10.2. The summed E-state index contributed by atoms with van der Waals surface area (Å²) in [6.07, 6.45) is 0. The molecule has 3 N–H and O–H groups in total. The fraction of sp³-hybridized carbons (Fsp3) is 0.364. The van der Waals surface area contributed by atoms with Gasteiger partial charge in [-0.3, -0.25) is 4.79 Å². The normalized spacial score (nSPS) is 17.0. The smallest absolute Gasteiger partial charge is 0.327 e. The Morgan fingerprint density at radius 2 is 1.67 bits per heavy atom. The second kappa shape index (κ2) is 5.05. The standard InChI is InChI=1S/C7H8O3S.C4H8N2O/c1-6-2-4-7(5-3-6)11(8,9)10;1-4(2)3(7)5-6-4/h2-5H,1H3,(H,8,9,10);6H,1-2H3,(H,5,7). The van der Waals surface area contributed by atoms with Gasteiger partial charge >= 0.3 is 5.91 Å². The zero-order valence-electron chi connectivity index (χ0n) is 10.4. The lowest BCUT2D eigenvalue weighted by Gasteiger charge is -2.29. The van der Waals surface area contributed by atoms with Crippen molar-refractivity contribution in [3.05, 3.63) is 29.8 Å². The highest BCUT2D eigenvalue weighted by atomic mass is 32.2. The van der Waals surface area contributed by atoms with E-state index in [4.69, 9.17) is 0 Å². The van der Waals surface area contributed by atoms with Crippen molar-refractivity contribution in [2.45, 2.75) is 31.2 Å². The summed E-state index contributed by atoms with van der Waals surface area (Å²) in [5.41, 5.74) is 5.06. The van der Waals surface area contributed by atoms with Crippen LogP contribution in [0, 0.1) is 6.92 Å². The van der Waals surface area contributed by atoms with Crippen molar-refractivity contribution in [1.29, 1.82) is 0 Å². The summed E-state index contributed by atoms with van der Waals surface area (Å²) in [5.74, 6) is 0.118. The molecule has 0 aliphatic carbocycles. The molecule has 0 atom stereocenters. The molecule has 0 saturated carbocycles. The van der Waals surface area contributed by atoms with E-state index in [9.17, 15) is 17.8 Å². The molecule has 0 bridgehead atoms. The monoisotopic (exact) mass is 272 g/mol. The summed E-state index contributed by atoms with van der Waals surface area (Å²) >= 11 is 0. The predicted octanol–water partition coefficient (Wildman–Crippen LogP) is -0.728. The number of carbonyl (C=O) groups excluding carboxylic acids is 1. The summed E-state index contributed by atoms with van der Waals surface area (Å²) in [7, 11) is -4.27. The Bertz CT molecular complexity index is 535. The van der Waals surface area contributed by atoms with Crippen LogP contribution < -0.4 is 10.9 Å². The van der Waals surface area contributed by atoms with Gasteiger partial charge in [-0.1, -0.05) is 17.7 Å². The lowest BCUT2D eigenvalue weighted by Crippen LogP contribution is -3.16. The van der Waals surface area contributed by atoms with Gasteiger partial charge in [0.25, 0.3) is 0 Å². The maximum Gasteiger partial charge on any atom is 0.327 e. The minimum absolute atomic E-state index is 0.118. The molecular weight excluding hydrogens is 256 g/mol. The first-order valence-corrected chi connectivity index (χ1v) is 6.72. The first-order valence-electron chi connectivity index (χ1n) is 5.31. The maximum atomic E-state index is 10.4. The molecule has 2 rings (SSSR count). The number of rotatable bonds is 1. The average Bonchev–Trinajstić information content (AvgIpc) is 2.27. The van der Waals surface area contributed by atoms with E-state index in [-0.39, 0.29) is 16.3 Å². The zero-order chi connectivity index (χ0) is 14.0. The number of benzene rings is 1. The van der Waals surface area contributed by atoms with Crippen LogP contribution in [0.15, 0.2) is 29.2 Å². The molecule has 1 aromatic carbocycles. The Morgan fingerprint density at radius 3 is 1.89 bits per heavy atom. The molecule has 1 aromatic rings. The number of nitrogens with two attached hydrogens (primary N) is 1. The molecule has 18 heavy (non-hydrogen) atoms. The molecule has 0 radical (unpaired) electrons. The van der Waals surface area contributed by atoms with E-state index in [0.717, 1.165) is 5.56 Å². The Morgan fingerprint density at radius 1 is 1.22 bits per heavy atom. The second-order valence-electron chi connectivity index (χ2n) is 4.61. The van der Waals surface area contributed by atoms with E-state index in [1.807, 2.05) is 20.8 Å². The van der Waals surface area contributed by atoms with E-state index >= 15 is 0 Å². The van der Waals surface area contributed by atoms with E-state index in [1.54, 1.807) is 17.6 Å². The molecule has 6 nitrogen and oxygen atoms in total. The molecule has 0 unspecified atom stereocenters. The largest absolute Gasteiger partial charge is 0.744 e. The van der Waals surface area contributed by atoms with Crippen molar-refractivity contribution in [3.8, 4) is 0 Å². The zero-order valence-corrected chi connectivity index (χ0v) is 11.2. The Kier molecular flexibility index (Phi) is 4.10. The number of hydrogen-bond acceptors (Lipinski definition) is 4. The third kappa shape index (κ3) is 3.80. The number of quaternary nitrogens is 1. The number of nitrogens with one attached hydrogen (secondary N) is 1. The van der Waals surface area contributed by atoms with Crippen LogP contribution >= 0.6 is 0 Å². The summed E-state index contributed by atoms with van der Waals surface area (Å²) in [5, 5.41) is 0. The highest BCUT2D eigenvalue weighted by Crippen LogP contribution is 2.08. The van der Waals surface area contributed by atoms with Gasteiger partial charge in [0.05, 0.1) is 4.90 Å². The number of hydrogen-bond donors (Lipinski definition) is 2. The molecule has 1 heterocycles. The molecule has 1 aliphatic heterocycles. The van der Waals surface area contributed by atoms with Crippen molar-refractivity contribution < 1.29 is 23.2 Å². The number of amides is 1. The fourth-order valence-electron chi connectivity index (χ4n) is 1.12. The molecule has 7 heteroatoms. The Balaban J connectivity index is 0.000000199. The fourth-order valence-corrected chi connectivity index (χ4v) is 1.59. The maximum absolute atomic E-state index is 10.4. The SMILES string of the molecule is CC1(C)[NH2+]NC1=O.Cc1ccc(S(=O)(=O)[O-])cc1. The minimum atomic E-state index is -4.27. The quantitative estimate of drug-likeness (QED) is 0.400. The van der Waals surface area contributed by atoms with Gasteiger partial charge in [-0.05, 0) is 19.1 Å². The van der Waals surface area contributed by atoms with Crippen LogP contribution in [0.5, 0.6) is 0 Å². The van der Waals surface area contributed by atoms with Crippen molar-refractivity contribution in [3.63, 3.8) is 0 Å². The van der Waals surface area contributed by atoms with Gasteiger partial charge in [0.15, 0.2) is 5.54 Å². The lowest BCUT2D eigenvalue weighted by molar-refractivity contribution is -0.785. The van der Waals surface area contributed by atoms with Gasteiger partial charge in [-0.2, -0.15) is 5.43 Å². The molecule has 0 aromatic heterocycles. The molecule has 100 valence electrons. The van der Waals surface area contributed by atoms with E-state index in [1.165, 1.54) is 12.1 Å². The van der Waals surface area contributed by atoms with Crippen LogP contribution in [0.1, 0.15) is 19.4 Å². The van der Waals surface area contributed by atoms with Crippen molar-refractivity contribution >= 4 is 16.0 Å². The van der Waals surface area contributed by atoms with Crippen LogP contribution in [0.3, 0.4) is 0 Å². The van der Waals surface area contributed by atoms with Crippen molar-refractivity contribution in [2.24, 2.45) is 0 Å².